The number of halogens is 1. The van der Waals surface area contributed by atoms with Crippen LogP contribution >= 0.6 is 11.3 Å². The molecule has 0 unspecified atom stereocenters. The van der Waals surface area contributed by atoms with Crippen molar-refractivity contribution in [3.63, 3.8) is 0 Å². The molecule has 0 aliphatic heterocycles. The fourth-order valence-corrected chi connectivity index (χ4v) is 5.35. The van der Waals surface area contributed by atoms with Crippen molar-refractivity contribution in [3.05, 3.63) is 58.0 Å². The summed E-state index contributed by atoms with van der Waals surface area (Å²) in [5.74, 6) is -0.237. The van der Waals surface area contributed by atoms with Crippen LogP contribution in [-0.2, 0) is 16.6 Å². The molecule has 2 atom stereocenters. The van der Waals surface area contributed by atoms with Crippen LogP contribution in [-0.4, -0.2) is 40.4 Å². The minimum atomic E-state index is -0.661. The number of nitrogens with zero attached hydrogens (tertiary/aromatic N) is 5. The topological polar surface area (TPSA) is 108 Å². The Labute approximate surface area is 237 Å². The Hall–Kier alpha value is -4.17. The van der Waals surface area contributed by atoms with Crippen molar-refractivity contribution in [1.29, 1.82) is 5.26 Å². The van der Waals surface area contributed by atoms with Gasteiger partial charge in [-0.2, -0.15) is 10.4 Å². The summed E-state index contributed by atoms with van der Waals surface area (Å²) in [7, 11) is 5.72. The normalized spacial score (nSPS) is 13.0. The van der Waals surface area contributed by atoms with Crippen LogP contribution in [0.15, 0.2) is 41.8 Å². The summed E-state index contributed by atoms with van der Waals surface area (Å²) in [6, 6.07) is 12.3. The Balaban J connectivity index is 1.65. The van der Waals surface area contributed by atoms with Crippen LogP contribution in [0, 0.1) is 23.1 Å². The summed E-state index contributed by atoms with van der Waals surface area (Å²) < 4.78 is 22.6. The van der Waals surface area contributed by atoms with Crippen molar-refractivity contribution in [3.8, 4) is 6.07 Å². The molecule has 1 aromatic carbocycles. The molecule has 0 aliphatic carbocycles. The molecular weight excluding hydrogens is 529 g/mol. The third kappa shape index (κ3) is 6.51. The van der Waals surface area contributed by atoms with E-state index >= 15 is 4.39 Å². The summed E-state index contributed by atoms with van der Waals surface area (Å²) in [6.45, 7) is 7.38. The summed E-state index contributed by atoms with van der Waals surface area (Å²) in [5.41, 5.74) is 1.09. The van der Waals surface area contributed by atoms with E-state index < -0.39 is 17.5 Å². The molecule has 0 fully saturated rings. The number of rotatable bonds is 9. The Morgan fingerprint density at radius 2 is 2.00 bits per heavy atom. The molecule has 3 heterocycles. The predicted molar refractivity (Wildman–Crippen MR) is 158 cm³/mol. The number of fused-ring (bicyclic) bond motifs is 1. The molecule has 11 heteroatoms. The Bertz CT molecular complexity index is 1550. The van der Waals surface area contributed by atoms with Crippen LogP contribution in [0.1, 0.15) is 50.6 Å². The first-order chi connectivity index (χ1) is 18.9. The average molecular weight is 564 g/mol. The van der Waals surface area contributed by atoms with Gasteiger partial charge in [0.05, 0.1) is 23.5 Å². The molecule has 0 amide bonds. The zero-order valence-electron chi connectivity index (χ0n) is 23.7. The molecule has 0 saturated heterocycles. The fourth-order valence-electron chi connectivity index (χ4n) is 4.44. The zero-order chi connectivity index (χ0) is 29.2. The van der Waals surface area contributed by atoms with Crippen LogP contribution in [0.2, 0.25) is 0 Å². The van der Waals surface area contributed by atoms with Crippen molar-refractivity contribution >= 4 is 51.3 Å². The number of ether oxygens (including phenoxy) is 1. The van der Waals surface area contributed by atoms with E-state index in [4.69, 9.17) is 4.74 Å². The van der Waals surface area contributed by atoms with Gasteiger partial charge >= 0.3 is 5.97 Å². The first-order valence-electron chi connectivity index (χ1n) is 12.9. The molecule has 40 heavy (non-hydrogen) atoms. The van der Waals surface area contributed by atoms with Gasteiger partial charge < -0.3 is 20.3 Å². The number of esters is 1. The van der Waals surface area contributed by atoms with Gasteiger partial charge in [-0.15, -0.1) is 11.3 Å². The lowest BCUT2D eigenvalue weighted by Crippen LogP contribution is -2.27. The number of thiophene rings is 1. The summed E-state index contributed by atoms with van der Waals surface area (Å²) in [4.78, 5) is 19.9. The highest BCUT2D eigenvalue weighted by Crippen LogP contribution is 2.34. The van der Waals surface area contributed by atoms with Gasteiger partial charge in [0.1, 0.15) is 11.7 Å². The number of carbonyl (C=O) groups is 1. The second-order valence-corrected chi connectivity index (χ2v) is 11.9. The lowest BCUT2D eigenvalue weighted by atomic mass is 9.96. The monoisotopic (exact) mass is 563 g/mol. The molecule has 2 N–H and O–H groups in total. The van der Waals surface area contributed by atoms with Crippen molar-refractivity contribution < 1.29 is 13.9 Å². The molecular formula is C29H34FN7O2S. The maximum atomic E-state index is 15.3. The molecule has 0 spiro atoms. The highest BCUT2D eigenvalue weighted by Gasteiger charge is 2.27. The second-order valence-electron chi connectivity index (χ2n) is 10.9. The number of carbonyl (C=O) groups excluding carboxylic acids is 1. The van der Waals surface area contributed by atoms with Crippen molar-refractivity contribution in [2.75, 3.05) is 29.6 Å². The quantitative estimate of drug-likeness (QED) is 0.226. The summed E-state index contributed by atoms with van der Waals surface area (Å²) in [6.07, 6.45) is 0.134. The fraction of sp³-hybridized carbons (Fsp3) is 0.379. The number of aryl methyl sites for hydroxylation is 1. The summed E-state index contributed by atoms with van der Waals surface area (Å²) >= 11 is 1.50. The standard InChI is InChI=1S/C29H34FN7O2S/c1-17(13-24(38)39-29(2,3)4)25(23-9-8-12-40-23)33-27-21(30)14-18(16-31)26(34-27)32-19-10-11-22-20(15-19)28(36(5)6)35-37(22)7/h8-12,14-15,17,25H,13H2,1-7H3,(H2,32,33,34)/t17-,25+/m1/s1. The van der Waals surface area contributed by atoms with E-state index in [1.807, 2.05) is 95.5 Å². The zero-order valence-corrected chi connectivity index (χ0v) is 24.6. The Morgan fingerprint density at radius 3 is 2.62 bits per heavy atom. The lowest BCUT2D eigenvalue weighted by Gasteiger charge is -2.26. The van der Waals surface area contributed by atoms with Crippen molar-refractivity contribution in [2.24, 2.45) is 13.0 Å². The molecule has 0 aliphatic rings. The van der Waals surface area contributed by atoms with Crippen LogP contribution in [0.3, 0.4) is 0 Å². The molecule has 4 rings (SSSR count). The number of hydrogen-bond donors (Lipinski definition) is 2. The van der Waals surface area contributed by atoms with E-state index in [2.05, 4.69) is 20.7 Å². The van der Waals surface area contributed by atoms with Gasteiger partial charge in [0.2, 0.25) is 0 Å². The maximum Gasteiger partial charge on any atom is 0.306 e. The van der Waals surface area contributed by atoms with E-state index in [-0.39, 0.29) is 35.5 Å². The predicted octanol–water partition coefficient (Wildman–Crippen LogP) is 6.37. The van der Waals surface area contributed by atoms with Crippen LogP contribution in [0.25, 0.3) is 10.9 Å². The van der Waals surface area contributed by atoms with E-state index in [1.54, 1.807) is 4.68 Å². The minimum Gasteiger partial charge on any atom is -0.460 e. The van der Waals surface area contributed by atoms with Gasteiger partial charge in [0.15, 0.2) is 23.3 Å². The summed E-state index contributed by atoms with van der Waals surface area (Å²) in [5, 5.41) is 23.5. The number of nitrogens with one attached hydrogen (secondary N) is 2. The van der Waals surface area contributed by atoms with E-state index in [0.29, 0.717) is 5.69 Å². The number of pyridine rings is 1. The van der Waals surface area contributed by atoms with Crippen LogP contribution in [0.5, 0.6) is 0 Å². The Kier molecular flexibility index (Phi) is 8.30. The van der Waals surface area contributed by atoms with Crippen LogP contribution < -0.4 is 15.5 Å². The molecule has 210 valence electrons. The van der Waals surface area contributed by atoms with Gasteiger partial charge in [-0.1, -0.05) is 13.0 Å². The maximum absolute atomic E-state index is 15.3. The lowest BCUT2D eigenvalue weighted by molar-refractivity contribution is -0.155. The van der Waals surface area contributed by atoms with Gasteiger partial charge in [-0.25, -0.2) is 9.37 Å². The first-order valence-corrected chi connectivity index (χ1v) is 13.8. The largest absolute Gasteiger partial charge is 0.460 e. The highest BCUT2D eigenvalue weighted by molar-refractivity contribution is 7.10. The van der Waals surface area contributed by atoms with E-state index in [9.17, 15) is 10.1 Å². The molecule has 0 saturated carbocycles. The first kappa shape index (κ1) is 28.8. The SMILES string of the molecule is C[C@H](CC(=O)OC(C)(C)C)[C@H](Nc1nc(Nc2ccc3c(c2)c(N(C)C)nn3C)c(C#N)cc1F)c1cccs1. The number of nitriles is 1. The molecule has 3 aromatic heterocycles. The third-order valence-corrected chi connectivity index (χ3v) is 7.19. The van der Waals surface area contributed by atoms with Gasteiger partial charge in [0, 0.05) is 37.1 Å². The van der Waals surface area contributed by atoms with Gasteiger partial charge in [-0.05, 0) is 62.4 Å². The Morgan fingerprint density at radius 1 is 1.25 bits per heavy atom. The van der Waals surface area contributed by atoms with E-state index in [0.717, 1.165) is 27.7 Å². The number of benzene rings is 1. The molecule has 4 aromatic rings. The molecule has 0 radical (unpaired) electrons. The molecule has 0 bridgehead atoms. The third-order valence-electron chi connectivity index (χ3n) is 6.23. The average Bonchev–Trinajstić information content (AvgIpc) is 3.51. The van der Waals surface area contributed by atoms with Crippen LogP contribution in [0.4, 0.5) is 27.5 Å². The minimum absolute atomic E-state index is 0.0209. The smallest absolute Gasteiger partial charge is 0.306 e. The van der Waals surface area contributed by atoms with Crippen molar-refractivity contribution in [1.82, 2.24) is 14.8 Å². The number of aromatic nitrogens is 3. The van der Waals surface area contributed by atoms with E-state index in [1.165, 1.54) is 11.3 Å². The second kappa shape index (κ2) is 11.5. The number of hydrogen-bond acceptors (Lipinski definition) is 9. The number of anilines is 4. The van der Waals surface area contributed by atoms with Gasteiger partial charge in [0.25, 0.3) is 0 Å². The molecule has 9 nitrogen and oxygen atoms in total. The highest BCUT2D eigenvalue weighted by atomic mass is 32.1. The van der Waals surface area contributed by atoms with Crippen molar-refractivity contribution in [2.45, 2.75) is 45.8 Å². The van der Waals surface area contributed by atoms with Gasteiger partial charge in [-0.3, -0.25) is 9.48 Å².